The molecule has 1 aromatic rings. The third kappa shape index (κ3) is 5.73. The molecule has 0 amide bonds. The molecule has 1 saturated heterocycles. The van der Waals surface area contributed by atoms with Gasteiger partial charge in [-0.3, -0.25) is 9.88 Å². The van der Waals surface area contributed by atoms with E-state index in [4.69, 9.17) is 9.72 Å². The molecule has 118 valence electrons. The van der Waals surface area contributed by atoms with E-state index in [0.717, 1.165) is 44.2 Å². The van der Waals surface area contributed by atoms with Crippen LogP contribution in [0.5, 0.6) is 0 Å². The minimum atomic E-state index is 0.398. The van der Waals surface area contributed by atoms with Crippen molar-refractivity contribution in [1.82, 2.24) is 15.2 Å². The molecule has 21 heavy (non-hydrogen) atoms. The monoisotopic (exact) mass is 291 g/mol. The SMILES string of the molecule is CCOC1CCCN(Cc2cccc(CNC(C)C)n2)C1. The van der Waals surface area contributed by atoms with Gasteiger partial charge in [0.25, 0.3) is 0 Å². The molecule has 1 unspecified atom stereocenters. The molecule has 4 nitrogen and oxygen atoms in total. The molecule has 1 N–H and O–H groups in total. The van der Waals surface area contributed by atoms with Crippen molar-refractivity contribution in [3.05, 3.63) is 29.6 Å². The van der Waals surface area contributed by atoms with Gasteiger partial charge in [0.05, 0.1) is 17.5 Å². The molecule has 0 aromatic carbocycles. The van der Waals surface area contributed by atoms with Crippen molar-refractivity contribution in [2.45, 2.75) is 58.8 Å². The van der Waals surface area contributed by atoms with Crippen LogP contribution in [0.15, 0.2) is 18.2 Å². The average molecular weight is 291 g/mol. The van der Waals surface area contributed by atoms with Crippen molar-refractivity contribution in [3.8, 4) is 0 Å². The molecular weight excluding hydrogens is 262 g/mol. The molecule has 1 aliphatic heterocycles. The van der Waals surface area contributed by atoms with Gasteiger partial charge in [-0.2, -0.15) is 0 Å². The lowest BCUT2D eigenvalue weighted by Crippen LogP contribution is -2.39. The molecule has 0 aliphatic carbocycles. The number of ether oxygens (including phenoxy) is 1. The van der Waals surface area contributed by atoms with E-state index in [9.17, 15) is 0 Å². The van der Waals surface area contributed by atoms with Gasteiger partial charge in [0.1, 0.15) is 0 Å². The molecule has 4 heteroatoms. The van der Waals surface area contributed by atoms with Crippen molar-refractivity contribution in [2.24, 2.45) is 0 Å². The van der Waals surface area contributed by atoms with Gasteiger partial charge in [-0.15, -0.1) is 0 Å². The summed E-state index contributed by atoms with van der Waals surface area (Å²) >= 11 is 0. The molecule has 0 bridgehead atoms. The first-order valence-electron chi connectivity index (χ1n) is 8.19. The molecule has 1 fully saturated rings. The molecule has 1 aliphatic rings. The van der Waals surface area contributed by atoms with Crippen molar-refractivity contribution >= 4 is 0 Å². The second-order valence-corrected chi connectivity index (χ2v) is 6.11. The summed E-state index contributed by atoms with van der Waals surface area (Å²) in [6.07, 6.45) is 2.81. The minimum Gasteiger partial charge on any atom is -0.377 e. The van der Waals surface area contributed by atoms with E-state index >= 15 is 0 Å². The predicted octanol–water partition coefficient (Wildman–Crippen LogP) is 2.58. The second kappa shape index (κ2) is 8.47. The second-order valence-electron chi connectivity index (χ2n) is 6.11. The average Bonchev–Trinajstić information content (AvgIpc) is 2.46. The quantitative estimate of drug-likeness (QED) is 0.838. The summed E-state index contributed by atoms with van der Waals surface area (Å²) < 4.78 is 5.77. The normalized spacial score (nSPS) is 20.1. The van der Waals surface area contributed by atoms with E-state index in [1.807, 2.05) is 0 Å². The van der Waals surface area contributed by atoms with Crippen LogP contribution in [0.25, 0.3) is 0 Å². The zero-order chi connectivity index (χ0) is 15.1. The van der Waals surface area contributed by atoms with Gasteiger partial charge in [-0.05, 0) is 38.4 Å². The maximum Gasteiger partial charge on any atom is 0.0702 e. The van der Waals surface area contributed by atoms with Gasteiger partial charge >= 0.3 is 0 Å². The lowest BCUT2D eigenvalue weighted by atomic mass is 10.1. The molecule has 1 aromatic heterocycles. The number of piperidine rings is 1. The van der Waals surface area contributed by atoms with E-state index in [2.05, 4.69) is 49.2 Å². The zero-order valence-electron chi connectivity index (χ0n) is 13.6. The van der Waals surface area contributed by atoms with Crippen molar-refractivity contribution in [3.63, 3.8) is 0 Å². The largest absolute Gasteiger partial charge is 0.377 e. The smallest absolute Gasteiger partial charge is 0.0702 e. The minimum absolute atomic E-state index is 0.398. The molecule has 0 radical (unpaired) electrons. The van der Waals surface area contributed by atoms with E-state index in [-0.39, 0.29) is 0 Å². The first-order valence-corrected chi connectivity index (χ1v) is 8.19. The Morgan fingerprint density at radius 2 is 2.19 bits per heavy atom. The van der Waals surface area contributed by atoms with Crippen LogP contribution in [0.1, 0.15) is 45.0 Å². The number of aromatic nitrogens is 1. The van der Waals surface area contributed by atoms with Gasteiger partial charge in [0.2, 0.25) is 0 Å². The van der Waals surface area contributed by atoms with Crippen LogP contribution in [0.2, 0.25) is 0 Å². The van der Waals surface area contributed by atoms with Crippen LogP contribution in [-0.2, 0) is 17.8 Å². The highest BCUT2D eigenvalue weighted by atomic mass is 16.5. The molecule has 0 saturated carbocycles. The summed E-state index contributed by atoms with van der Waals surface area (Å²) in [4.78, 5) is 7.23. The van der Waals surface area contributed by atoms with E-state index in [0.29, 0.717) is 12.1 Å². The summed E-state index contributed by atoms with van der Waals surface area (Å²) in [5.41, 5.74) is 2.29. The zero-order valence-corrected chi connectivity index (χ0v) is 13.6. The standard InChI is InChI=1S/C17H29N3O/c1-4-21-17-9-6-10-20(13-17)12-16-8-5-7-15(19-16)11-18-14(2)3/h5,7-8,14,17-18H,4,6,9-13H2,1-3H3. The Balaban J connectivity index is 1.88. The highest BCUT2D eigenvalue weighted by molar-refractivity contribution is 5.11. The summed E-state index contributed by atoms with van der Waals surface area (Å²) in [7, 11) is 0. The lowest BCUT2D eigenvalue weighted by Gasteiger charge is -2.32. The number of hydrogen-bond donors (Lipinski definition) is 1. The third-order valence-corrected chi connectivity index (χ3v) is 3.81. The topological polar surface area (TPSA) is 37.4 Å². The molecule has 2 rings (SSSR count). The highest BCUT2D eigenvalue weighted by Crippen LogP contribution is 2.15. The maximum absolute atomic E-state index is 5.77. The van der Waals surface area contributed by atoms with Crippen LogP contribution in [0.4, 0.5) is 0 Å². The third-order valence-electron chi connectivity index (χ3n) is 3.81. The maximum atomic E-state index is 5.77. The van der Waals surface area contributed by atoms with Crippen LogP contribution in [0.3, 0.4) is 0 Å². The Morgan fingerprint density at radius 3 is 2.95 bits per heavy atom. The van der Waals surface area contributed by atoms with Crippen LogP contribution >= 0.6 is 0 Å². The number of nitrogens with one attached hydrogen (secondary N) is 1. The van der Waals surface area contributed by atoms with E-state index in [1.54, 1.807) is 0 Å². The first kappa shape index (κ1) is 16.4. The first-order chi connectivity index (χ1) is 10.2. The van der Waals surface area contributed by atoms with Crippen LogP contribution in [-0.4, -0.2) is 41.7 Å². The van der Waals surface area contributed by atoms with Gasteiger partial charge in [-0.1, -0.05) is 19.9 Å². The summed E-state index contributed by atoms with van der Waals surface area (Å²) in [6, 6.07) is 6.83. The lowest BCUT2D eigenvalue weighted by molar-refractivity contribution is 0.00330. The van der Waals surface area contributed by atoms with Gasteiger partial charge in [0, 0.05) is 32.3 Å². The van der Waals surface area contributed by atoms with E-state index in [1.165, 1.54) is 12.8 Å². The Bertz CT molecular complexity index is 420. The van der Waals surface area contributed by atoms with E-state index < -0.39 is 0 Å². The number of likely N-dealkylation sites (tertiary alicyclic amines) is 1. The molecule has 2 heterocycles. The van der Waals surface area contributed by atoms with Crippen LogP contribution < -0.4 is 5.32 Å². The van der Waals surface area contributed by atoms with Gasteiger partial charge in [0.15, 0.2) is 0 Å². The van der Waals surface area contributed by atoms with Crippen molar-refractivity contribution in [2.75, 3.05) is 19.7 Å². The van der Waals surface area contributed by atoms with Gasteiger partial charge in [-0.25, -0.2) is 0 Å². The number of rotatable bonds is 7. The molecule has 0 spiro atoms. The summed E-state index contributed by atoms with van der Waals surface area (Å²) in [5, 5.41) is 3.42. The predicted molar refractivity (Wildman–Crippen MR) is 86.1 cm³/mol. The van der Waals surface area contributed by atoms with Crippen molar-refractivity contribution < 1.29 is 4.74 Å². The van der Waals surface area contributed by atoms with Gasteiger partial charge < -0.3 is 10.1 Å². The number of pyridine rings is 1. The van der Waals surface area contributed by atoms with Crippen molar-refractivity contribution in [1.29, 1.82) is 0 Å². The number of hydrogen-bond acceptors (Lipinski definition) is 4. The molecule has 1 atom stereocenters. The number of nitrogens with zero attached hydrogens (tertiary/aromatic N) is 2. The van der Waals surface area contributed by atoms with Crippen LogP contribution in [0, 0.1) is 0 Å². The Kier molecular flexibility index (Phi) is 6.61. The Morgan fingerprint density at radius 1 is 1.38 bits per heavy atom. The fourth-order valence-corrected chi connectivity index (χ4v) is 2.78. The molecular formula is C17H29N3O. The Labute approximate surface area is 128 Å². The summed E-state index contributed by atoms with van der Waals surface area (Å²) in [6.45, 7) is 11.2. The fourth-order valence-electron chi connectivity index (χ4n) is 2.78. The highest BCUT2D eigenvalue weighted by Gasteiger charge is 2.20. The summed E-state index contributed by atoms with van der Waals surface area (Å²) in [5.74, 6) is 0. The fraction of sp³-hybridized carbons (Fsp3) is 0.706. The Hall–Kier alpha value is -0.970.